The Bertz CT molecular complexity index is 1010. The third-order valence-corrected chi connectivity index (χ3v) is 7.01. The molecule has 2 fully saturated rings. The predicted octanol–water partition coefficient (Wildman–Crippen LogP) is 6.41. The fraction of sp³-hybridized carbons (Fsp3) is 0.407. The Morgan fingerprint density at radius 3 is 2.50 bits per heavy atom. The molecule has 0 spiro atoms. The highest BCUT2D eigenvalue weighted by Gasteiger charge is 2.40. The summed E-state index contributed by atoms with van der Waals surface area (Å²) in [6.45, 7) is 2.66. The largest absolute Gasteiger partial charge is 0.374 e. The Morgan fingerprint density at radius 1 is 0.967 bits per heavy atom. The first-order valence-corrected chi connectivity index (χ1v) is 11.2. The maximum atomic E-state index is 14.6. The highest BCUT2D eigenvalue weighted by Crippen LogP contribution is 2.37. The summed E-state index contributed by atoms with van der Waals surface area (Å²) in [6, 6.07) is 24.2. The van der Waals surface area contributed by atoms with Crippen LogP contribution in [0.1, 0.15) is 61.3 Å². The van der Waals surface area contributed by atoms with Crippen molar-refractivity contribution in [3.8, 4) is 0 Å². The summed E-state index contributed by atoms with van der Waals surface area (Å²) in [4.78, 5) is 0. The Labute approximate surface area is 178 Å². The van der Waals surface area contributed by atoms with Gasteiger partial charge >= 0.3 is 0 Å². The van der Waals surface area contributed by atoms with Gasteiger partial charge in [0.2, 0.25) is 0 Å². The molecule has 1 saturated heterocycles. The minimum atomic E-state index is -1.27. The van der Waals surface area contributed by atoms with Crippen LogP contribution in [0, 0.1) is 0 Å². The topological polar surface area (TPSA) is 21.3 Å². The average molecular weight is 404 g/mol. The molecule has 1 heterocycles. The van der Waals surface area contributed by atoms with Crippen molar-refractivity contribution in [2.45, 2.75) is 56.3 Å². The molecule has 0 amide bonds. The fourth-order valence-corrected chi connectivity index (χ4v) is 5.22. The number of benzene rings is 3. The number of halogens is 1. The maximum absolute atomic E-state index is 14.6. The molecule has 1 N–H and O–H groups in total. The zero-order chi connectivity index (χ0) is 20.6. The predicted molar refractivity (Wildman–Crippen MR) is 121 cm³/mol. The number of rotatable bonds is 5. The lowest BCUT2D eigenvalue weighted by Gasteiger charge is -2.35. The van der Waals surface area contributed by atoms with Crippen LogP contribution < -0.4 is 5.32 Å². The zero-order valence-electron chi connectivity index (χ0n) is 17.6. The first-order chi connectivity index (χ1) is 14.6. The minimum Gasteiger partial charge on any atom is -0.374 e. The summed E-state index contributed by atoms with van der Waals surface area (Å²) in [5, 5.41) is 6.54. The fourth-order valence-electron chi connectivity index (χ4n) is 5.22. The van der Waals surface area contributed by atoms with Gasteiger partial charge in [0.1, 0.15) is 0 Å². The second kappa shape index (κ2) is 8.13. The van der Waals surface area contributed by atoms with Gasteiger partial charge < -0.3 is 10.1 Å². The first kappa shape index (κ1) is 19.7. The summed E-state index contributed by atoms with van der Waals surface area (Å²) in [5.74, 6) is 0.540. The molecule has 1 aliphatic carbocycles. The molecule has 3 heteroatoms. The van der Waals surface area contributed by atoms with Crippen LogP contribution in [0.3, 0.4) is 0 Å². The average Bonchev–Trinajstić information content (AvgIpc) is 2.77. The molecule has 1 unspecified atom stereocenters. The molecule has 30 heavy (non-hydrogen) atoms. The zero-order valence-corrected chi connectivity index (χ0v) is 17.6. The van der Waals surface area contributed by atoms with Crippen molar-refractivity contribution < 1.29 is 9.13 Å². The van der Waals surface area contributed by atoms with Crippen molar-refractivity contribution in [2.24, 2.45) is 0 Å². The molecule has 2 aliphatic rings. The van der Waals surface area contributed by atoms with E-state index in [0.29, 0.717) is 18.0 Å². The van der Waals surface area contributed by atoms with Crippen molar-refractivity contribution >= 4 is 10.8 Å². The van der Waals surface area contributed by atoms with Crippen LogP contribution in [0.15, 0.2) is 66.7 Å². The Kier molecular flexibility index (Phi) is 5.34. The van der Waals surface area contributed by atoms with Gasteiger partial charge in [-0.2, -0.15) is 0 Å². The summed E-state index contributed by atoms with van der Waals surface area (Å²) < 4.78 is 19.6. The van der Waals surface area contributed by atoms with Crippen LogP contribution in [0.5, 0.6) is 0 Å². The van der Waals surface area contributed by atoms with Gasteiger partial charge in [0, 0.05) is 12.1 Å². The standard InChI is InChI=1S/C27H30FNO/c1-19(25-11-5-7-21-6-2-3-10-26(21)25)29-24-9-4-8-22(16-24)20-12-14-23(15-13-20)27(28)17-30-18-27/h2-3,5-7,10-15,19,22,24,29H,4,8-9,16-18H2,1H3/t19-,22+,24?/m1/s1. The number of hydrogen-bond acceptors (Lipinski definition) is 2. The number of alkyl halides is 1. The first-order valence-electron chi connectivity index (χ1n) is 11.2. The quantitative estimate of drug-likeness (QED) is 0.531. The molecule has 3 aromatic carbocycles. The van der Waals surface area contributed by atoms with E-state index in [-0.39, 0.29) is 13.2 Å². The second-order valence-corrected chi connectivity index (χ2v) is 9.10. The van der Waals surface area contributed by atoms with Crippen LogP contribution >= 0.6 is 0 Å². The van der Waals surface area contributed by atoms with Gasteiger partial charge in [-0.3, -0.25) is 0 Å². The third-order valence-electron chi connectivity index (χ3n) is 7.01. The van der Waals surface area contributed by atoms with Crippen LogP contribution in [0.25, 0.3) is 10.8 Å². The molecule has 3 aromatic rings. The van der Waals surface area contributed by atoms with Crippen LogP contribution in [0.2, 0.25) is 0 Å². The second-order valence-electron chi connectivity index (χ2n) is 9.10. The molecule has 3 atom stereocenters. The molecule has 5 rings (SSSR count). The van der Waals surface area contributed by atoms with E-state index in [9.17, 15) is 4.39 Å². The van der Waals surface area contributed by atoms with Crippen LogP contribution in [0.4, 0.5) is 4.39 Å². The Morgan fingerprint density at radius 2 is 1.73 bits per heavy atom. The van der Waals surface area contributed by atoms with E-state index >= 15 is 0 Å². The highest BCUT2D eigenvalue weighted by molar-refractivity contribution is 5.86. The van der Waals surface area contributed by atoms with E-state index in [0.717, 1.165) is 12.0 Å². The van der Waals surface area contributed by atoms with E-state index in [1.54, 1.807) is 0 Å². The molecule has 0 aromatic heterocycles. The van der Waals surface area contributed by atoms with E-state index in [1.165, 1.54) is 41.2 Å². The van der Waals surface area contributed by atoms with Gasteiger partial charge in [-0.05, 0) is 59.6 Å². The van der Waals surface area contributed by atoms with E-state index in [4.69, 9.17) is 4.74 Å². The van der Waals surface area contributed by atoms with Crippen molar-refractivity contribution in [3.05, 3.63) is 83.4 Å². The van der Waals surface area contributed by atoms with Crippen molar-refractivity contribution in [2.75, 3.05) is 13.2 Å². The number of hydrogen-bond donors (Lipinski definition) is 1. The third kappa shape index (κ3) is 3.77. The minimum absolute atomic E-state index is 0.188. The molecule has 1 aliphatic heterocycles. The van der Waals surface area contributed by atoms with Crippen molar-refractivity contribution in [1.29, 1.82) is 0 Å². The normalized spacial score (nSPS) is 24.3. The van der Waals surface area contributed by atoms with Gasteiger partial charge in [0.15, 0.2) is 5.67 Å². The molecular formula is C27H30FNO. The van der Waals surface area contributed by atoms with Crippen molar-refractivity contribution in [1.82, 2.24) is 5.32 Å². The van der Waals surface area contributed by atoms with Gasteiger partial charge in [-0.25, -0.2) is 4.39 Å². The molecule has 0 radical (unpaired) electrons. The van der Waals surface area contributed by atoms with E-state index < -0.39 is 5.67 Å². The van der Waals surface area contributed by atoms with Gasteiger partial charge in [-0.15, -0.1) is 0 Å². The summed E-state index contributed by atoms with van der Waals surface area (Å²) in [7, 11) is 0. The summed E-state index contributed by atoms with van der Waals surface area (Å²) >= 11 is 0. The van der Waals surface area contributed by atoms with Crippen LogP contribution in [-0.2, 0) is 10.4 Å². The number of fused-ring (bicyclic) bond motifs is 1. The number of ether oxygens (including phenoxy) is 1. The summed E-state index contributed by atoms with van der Waals surface area (Å²) in [5.41, 5.74) is 2.19. The van der Waals surface area contributed by atoms with Gasteiger partial charge in [0.25, 0.3) is 0 Å². The number of nitrogens with one attached hydrogen (secondary N) is 1. The molecular weight excluding hydrogens is 373 g/mol. The molecule has 1 saturated carbocycles. The van der Waals surface area contributed by atoms with Crippen molar-refractivity contribution in [3.63, 3.8) is 0 Å². The lowest BCUT2D eigenvalue weighted by molar-refractivity contribution is -0.135. The Balaban J connectivity index is 1.27. The smallest absolute Gasteiger partial charge is 0.182 e. The highest BCUT2D eigenvalue weighted by atomic mass is 19.1. The lowest BCUT2D eigenvalue weighted by Crippen LogP contribution is -2.42. The monoisotopic (exact) mass is 403 g/mol. The molecule has 0 bridgehead atoms. The Hall–Kier alpha value is -2.23. The van der Waals surface area contributed by atoms with E-state index in [1.807, 2.05) is 12.1 Å². The van der Waals surface area contributed by atoms with Gasteiger partial charge in [-0.1, -0.05) is 73.2 Å². The van der Waals surface area contributed by atoms with Crippen LogP contribution in [-0.4, -0.2) is 19.3 Å². The SMILES string of the molecule is C[C@@H](NC1CCC[C@H](c2ccc(C3(F)COC3)cc2)C1)c1cccc2ccccc12. The summed E-state index contributed by atoms with van der Waals surface area (Å²) in [6.07, 6.45) is 4.80. The van der Waals surface area contributed by atoms with Gasteiger partial charge in [0.05, 0.1) is 13.2 Å². The molecule has 2 nitrogen and oxygen atoms in total. The maximum Gasteiger partial charge on any atom is 0.182 e. The lowest BCUT2D eigenvalue weighted by atomic mass is 9.80. The molecule has 156 valence electrons. The van der Waals surface area contributed by atoms with E-state index in [2.05, 4.69) is 66.8 Å².